The molecular weight excluding hydrogens is 243 g/mol. The highest BCUT2D eigenvalue weighted by atomic mass is 35.5. The van der Waals surface area contributed by atoms with Crippen molar-refractivity contribution in [1.82, 2.24) is 4.90 Å². The number of amides is 1. The average Bonchev–Trinajstić information content (AvgIpc) is 2.27. The van der Waals surface area contributed by atoms with Crippen molar-refractivity contribution < 1.29 is 9.18 Å². The van der Waals surface area contributed by atoms with E-state index in [9.17, 15) is 9.18 Å². The number of carbonyl (C=O) groups is 1. The number of nitrogens with zero attached hydrogens (tertiary/aromatic N) is 2. The molecule has 0 fully saturated rings. The van der Waals surface area contributed by atoms with E-state index in [4.69, 9.17) is 16.9 Å². The third-order valence-corrected chi connectivity index (χ3v) is 2.86. The van der Waals surface area contributed by atoms with Crippen LogP contribution < -0.4 is 0 Å². The first-order valence-corrected chi connectivity index (χ1v) is 5.45. The molecule has 0 aliphatic rings. The van der Waals surface area contributed by atoms with Crippen LogP contribution in [-0.2, 0) is 0 Å². The summed E-state index contributed by atoms with van der Waals surface area (Å²) in [4.78, 5) is 13.3. The molecule has 0 spiro atoms. The summed E-state index contributed by atoms with van der Waals surface area (Å²) in [5, 5.41) is 8.63. The van der Waals surface area contributed by atoms with Crippen molar-refractivity contribution in [3.8, 4) is 6.07 Å². The summed E-state index contributed by atoms with van der Waals surface area (Å²) in [5.74, 6) is -1.17. The Kier molecular flexibility index (Phi) is 4.47. The van der Waals surface area contributed by atoms with Gasteiger partial charge in [0.15, 0.2) is 0 Å². The lowest BCUT2D eigenvalue weighted by Gasteiger charge is -2.23. The van der Waals surface area contributed by atoms with Gasteiger partial charge in [-0.2, -0.15) is 5.26 Å². The number of rotatable bonds is 3. The van der Waals surface area contributed by atoms with Gasteiger partial charge in [0.1, 0.15) is 5.82 Å². The van der Waals surface area contributed by atoms with Gasteiger partial charge < -0.3 is 4.90 Å². The Hall–Kier alpha value is -1.60. The molecule has 0 saturated heterocycles. The maximum absolute atomic E-state index is 13.5. The molecule has 1 atom stereocenters. The summed E-state index contributed by atoms with van der Waals surface area (Å²) < 4.78 is 13.5. The van der Waals surface area contributed by atoms with E-state index in [-0.39, 0.29) is 23.0 Å². The Morgan fingerprint density at radius 3 is 2.82 bits per heavy atom. The van der Waals surface area contributed by atoms with Gasteiger partial charge in [0.2, 0.25) is 0 Å². The van der Waals surface area contributed by atoms with Crippen molar-refractivity contribution in [3.63, 3.8) is 0 Å². The van der Waals surface area contributed by atoms with E-state index in [1.54, 1.807) is 6.92 Å². The summed E-state index contributed by atoms with van der Waals surface area (Å²) in [6.07, 6.45) is 0.189. The third kappa shape index (κ3) is 2.95. The van der Waals surface area contributed by atoms with Crippen molar-refractivity contribution in [1.29, 1.82) is 5.26 Å². The van der Waals surface area contributed by atoms with Gasteiger partial charge >= 0.3 is 0 Å². The molecule has 5 heteroatoms. The zero-order valence-electron chi connectivity index (χ0n) is 9.58. The second-order valence-electron chi connectivity index (χ2n) is 3.72. The Bertz CT molecular complexity index is 450. The SMILES string of the molecule is CC(CC#N)N(C)C(=O)c1c(F)cccc1Cl. The largest absolute Gasteiger partial charge is 0.338 e. The predicted octanol–water partition coefficient (Wildman–Crippen LogP) is 2.85. The van der Waals surface area contributed by atoms with Crippen LogP contribution in [0.25, 0.3) is 0 Å². The highest BCUT2D eigenvalue weighted by Crippen LogP contribution is 2.21. The van der Waals surface area contributed by atoms with Gasteiger partial charge in [-0.1, -0.05) is 17.7 Å². The fourth-order valence-electron chi connectivity index (χ4n) is 1.35. The molecule has 3 nitrogen and oxygen atoms in total. The first-order valence-electron chi connectivity index (χ1n) is 5.07. The third-order valence-electron chi connectivity index (χ3n) is 2.54. The Balaban J connectivity index is 3.01. The number of nitriles is 1. The molecule has 1 unspecified atom stereocenters. The van der Waals surface area contributed by atoms with Gasteiger partial charge in [0, 0.05) is 13.1 Å². The molecule has 1 aromatic rings. The zero-order valence-corrected chi connectivity index (χ0v) is 10.3. The molecule has 0 heterocycles. The minimum atomic E-state index is -0.654. The van der Waals surface area contributed by atoms with E-state index in [2.05, 4.69) is 0 Å². The fourth-order valence-corrected chi connectivity index (χ4v) is 1.59. The second-order valence-corrected chi connectivity index (χ2v) is 4.13. The monoisotopic (exact) mass is 254 g/mol. The average molecular weight is 255 g/mol. The lowest BCUT2D eigenvalue weighted by atomic mass is 10.1. The van der Waals surface area contributed by atoms with Crippen LogP contribution in [0.2, 0.25) is 5.02 Å². The molecule has 1 amide bonds. The summed E-state index contributed by atoms with van der Waals surface area (Å²) in [6, 6.07) is 5.75. The van der Waals surface area contributed by atoms with Gasteiger partial charge in [-0.3, -0.25) is 4.79 Å². The van der Waals surface area contributed by atoms with Crippen molar-refractivity contribution >= 4 is 17.5 Å². The number of carbonyl (C=O) groups excluding carboxylic acids is 1. The van der Waals surface area contributed by atoms with Crippen LogP contribution in [-0.4, -0.2) is 23.9 Å². The van der Waals surface area contributed by atoms with Crippen LogP contribution in [0.4, 0.5) is 4.39 Å². The van der Waals surface area contributed by atoms with Crippen LogP contribution in [0.3, 0.4) is 0 Å². The normalized spacial score (nSPS) is 11.7. The Morgan fingerprint density at radius 1 is 1.65 bits per heavy atom. The van der Waals surface area contributed by atoms with E-state index in [1.807, 2.05) is 6.07 Å². The summed E-state index contributed by atoms with van der Waals surface area (Å²) in [7, 11) is 1.52. The summed E-state index contributed by atoms with van der Waals surface area (Å²) >= 11 is 5.80. The first kappa shape index (κ1) is 13.5. The minimum Gasteiger partial charge on any atom is -0.338 e. The van der Waals surface area contributed by atoms with Gasteiger partial charge in [-0.25, -0.2) is 4.39 Å². The molecule has 1 aromatic carbocycles. The zero-order chi connectivity index (χ0) is 13.0. The predicted molar refractivity (Wildman–Crippen MR) is 63.2 cm³/mol. The van der Waals surface area contributed by atoms with Crippen LogP contribution in [0.5, 0.6) is 0 Å². The molecule has 1 rings (SSSR count). The standard InChI is InChI=1S/C12H12ClFN2O/c1-8(6-7-15)16(2)12(17)11-9(13)4-3-5-10(11)14/h3-5,8H,6H2,1-2H3. The van der Waals surface area contributed by atoms with E-state index in [1.165, 1.54) is 30.1 Å². The lowest BCUT2D eigenvalue weighted by Crippen LogP contribution is -2.35. The van der Waals surface area contributed by atoms with Crippen molar-refractivity contribution in [2.75, 3.05) is 7.05 Å². The Labute approximate surface area is 104 Å². The van der Waals surface area contributed by atoms with Crippen molar-refractivity contribution in [2.45, 2.75) is 19.4 Å². The smallest absolute Gasteiger partial charge is 0.258 e. The molecule has 0 bridgehead atoms. The second kappa shape index (κ2) is 5.65. The first-order chi connectivity index (χ1) is 7.99. The number of hydrogen-bond donors (Lipinski definition) is 0. The molecule has 90 valence electrons. The van der Waals surface area contributed by atoms with E-state index < -0.39 is 11.7 Å². The van der Waals surface area contributed by atoms with E-state index >= 15 is 0 Å². The number of halogens is 2. The lowest BCUT2D eigenvalue weighted by molar-refractivity contribution is 0.0741. The highest BCUT2D eigenvalue weighted by molar-refractivity contribution is 6.33. The topological polar surface area (TPSA) is 44.1 Å². The molecular formula is C12H12ClFN2O. The highest BCUT2D eigenvalue weighted by Gasteiger charge is 2.22. The molecule has 0 aliphatic carbocycles. The molecule has 17 heavy (non-hydrogen) atoms. The van der Waals surface area contributed by atoms with Crippen LogP contribution in [0.1, 0.15) is 23.7 Å². The Morgan fingerprint density at radius 2 is 2.29 bits per heavy atom. The van der Waals surface area contributed by atoms with Crippen molar-refractivity contribution in [2.24, 2.45) is 0 Å². The maximum Gasteiger partial charge on any atom is 0.258 e. The van der Waals surface area contributed by atoms with Gasteiger partial charge in [-0.15, -0.1) is 0 Å². The molecule has 0 N–H and O–H groups in total. The summed E-state index contributed by atoms with van der Waals surface area (Å²) in [5.41, 5.74) is -0.151. The van der Waals surface area contributed by atoms with E-state index in [0.29, 0.717) is 0 Å². The van der Waals surface area contributed by atoms with Gasteiger partial charge in [0.05, 0.1) is 23.1 Å². The van der Waals surface area contributed by atoms with Crippen molar-refractivity contribution in [3.05, 3.63) is 34.6 Å². The maximum atomic E-state index is 13.5. The quantitative estimate of drug-likeness (QED) is 0.833. The molecule has 0 aliphatic heterocycles. The molecule has 0 saturated carbocycles. The van der Waals surface area contributed by atoms with Crippen LogP contribution in [0.15, 0.2) is 18.2 Å². The number of benzene rings is 1. The van der Waals surface area contributed by atoms with Crippen LogP contribution in [0, 0.1) is 17.1 Å². The van der Waals surface area contributed by atoms with Gasteiger partial charge in [0.25, 0.3) is 5.91 Å². The fraction of sp³-hybridized carbons (Fsp3) is 0.333. The minimum absolute atomic E-state index is 0.0750. The van der Waals surface area contributed by atoms with Crippen LogP contribution >= 0.6 is 11.6 Å². The van der Waals surface area contributed by atoms with E-state index in [0.717, 1.165) is 0 Å². The molecule has 0 radical (unpaired) electrons. The van der Waals surface area contributed by atoms with Gasteiger partial charge in [-0.05, 0) is 19.1 Å². The summed E-state index contributed by atoms with van der Waals surface area (Å²) in [6.45, 7) is 1.72. The molecule has 0 aromatic heterocycles. The number of hydrogen-bond acceptors (Lipinski definition) is 2.